The molecule has 1 N–H and O–H groups in total. The summed E-state index contributed by atoms with van der Waals surface area (Å²) in [6.45, 7) is 0. The fraction of sp³-hybridized carbons (Fsp3) is 0.238. The van der Waals surface area contributed by atoms with Gasteiger partial charge in [-0.15, -0.1) is 0 Å². The average molecular weight is 384 g/mol. The highest BCUT2D eigenvalue weighted by atomic mass is 16.6. The Bertz CT molecular complexity index is 928. The summed E-state index contributed by atoms with van der Waals surface area (Å²) < 4.78 is 20.7. The van der Waals surface area contributed by atoms with Gasteiger partial charge in [0.25, 0.3) is 0 Å². The molecule has 2 aromatic carbocycles. The lowest BCUT2D eigenvalue weighted by Gasteiger charge is -2.24. The van der Waals surface area contributed by atoms with Crippen LogP contribution in [0.5, 0.6) is 17.2 Å². The molecule has 146 valence electrons. The SMILES string of the molecule is COc1ccc(CC2OC(=O)C(O)=C(c3ccc(OC)c(OC)c3)C2=O)cc1. The monoisotopic (exact) mass is 384 g/mol. The summed E-state index contributed by atoms with van der Waals surface area (Å²) in [7, 11) is 4.51. The van der Waals surface area contributed by atoms with E-state index in [2.05, 4.69) is 0 Å². The molecule has 0 saturated heterocycles. The summed E-state index contributed by atoms with van der Waals surface area (Å²) >= 11 is 0. The van der Waals surface area contributed by atoms with Crippen molar-refractivity contribution in [1.29, 1.82) is 0 Å². The predicted octanol–water partition coefficient (Wildman–Crippen LogP) is 2.72. The molecular weight excluding hydrogens is 364 g/mol. The summed E-state index contributed by atoms with van der Waals surface area (Å²) in [5.41, 5.74) is 1.03. The highest BCUT2D eigenvalue weighted by molar-refractivity contribution is 6.29. The number of rotatable bonds is 6. The van der Waals surface area contributed by atoms with Gasteiger partial charge in [-0.2, -0.15) is 0 Å². The van der Waals surface area contributed by atoms with Gasteiger partial charge in [0.2, 0.25) is 11.5 Å². The zero-order valence-electron chi connectivity index (χ0n) is 15.7. The summed E-state index contributed by atoms with van der Waals surface area (Å²) in [5, 5.41) is 10.2. The topological polar surface area (TPSA) is 91.3 Å². The number of carbonyl (C=O) groups excluding carboxylic acids is 2. The van der Waals surface area contributed by atoms with Crippen molar-refractivity contribution in [2.75, 3.05) is 21.3 Å². The third kappa shape index (κ3) is 3.64. The third-order valence-electron chi connectivity index (χ3n) is 4.47. The van der Waals surface area contributed by atoms with Crippen molar-refractivity contribution >= 4 is 17.3 Å². The molecule has 1 aliphatic heterocycles. The van der Waals surface area contributed by atoms with Gasteiger partial charge in [-0.3, -0.25) is 4.79 Å². The van der Waals surface area contributed by atoms with Crippen LogP contribution in [0.1, 0.15) is 11.1 Å². The zero-order valence-corrected chi connectivity index (χ0v) is 15.7. The van der Waals surface area contributed by atoms with Gasteiger partial charge in [0.1, 0.15) is 5.75 Å². The Morgan fingerprint density at radius 2 is 1.61 bits per heavy atom. The molecule has 0 saturated carbocycles. The smallest absolute Gasteiger partial charge is 0.374 e. The number of aliphatic hydroxyl groups is 1. The number of methoxy groups -OCH3 is 3. The van der Waals surface area contributed by atoms with Crippen LogP contribution < -0.4 is 14.2 Å². The van der Waals surface area contributed by atoms with Gasteiger partial charge < -0.3 is 24.1 Å². The van der Waals surface area contributed by atoms with E-state index < -0.39 is 23.6 Å². The van der Waals surface area contributed by atoms with Crippen LogP contribution in [-0.4, -0.2) is 44.3 Å². The summed E-state index contributed by atoms with van der Waals surface area (Å²) in [6, 6.07) is 11.8. The fourth-order valence-corrected chi connectivity index (χ4v) is 3.00. The molecule has 7 heteroatoms. The molecule has 0 spiro atoms. The van der Waals surface area contributed by atoms with Crippen LogP contribution >= 0.6 is 0 Å². The van der Waals surface area contributed by atoms with Crippen LogP contribution in [0.3, 0.4) is 0 Å². The van der Waals surface area contributed by atoms with Gasteiger partial charge in [-0.1, -0.05) is 18.2 Å². The van der Waals surface area contributed by atoms with Gasteiger partial charge in [0.15, 0.2) is 17.6 Å². The number of hydrogen-bond acceptors (Lipinski definition) is 7. The number of carbonyl (C=O) groups is 2. The second-order valence-electron chi connectivity index (χ2n) is 6.10. The number of aliphatic hydroxyl groups excluding tert-OH is 1. The first-order chi connectivity index (χ1) is 13.5. The van der Waals surface area contributed by atoms with Crippen molar-refractivity contribution in [3.05, 3.63) is 59.4 Å². The van der Waals surface area contributed by atoms with E-state index in [0.717, 1.165) is 5.56 Å². The Morgan fingerprint density at radius 1 is 0.929 bits per heavy atom. The standard InChI is InChI=1S/C21H20O7/c1-25-14-7-4-12(5-8-14)10-17-19(22)18(20(23)21(24)28-17)13-6-9-15(26-2)16(11-13)27-3/h4-9,11,17,23H,10H2,1-3H3. The lowest BCUT2D eigenvalue weighted by Crippen LogP contribution is -2.36. The number of ether oxygens (including phenoxy) is 4. The van der Waals surface area contributed by atoms with E-state index in [1.165, 1.54) is 20.3 Å². The lowest BCUT2D eigenvalue weighted by atomic mass is 9.91. The molecule has 1 heterocycles. The van der Waals surface area contributed by atoms with Crippen molar-refractivity contribution in [1.82, 2.24) is 0 Å². The molecule has 1 aliphatic rings. The Morgan fingerprint density at radius 3 is 2.21 bits per heavy atom. The maximum absolute atomic E-state index is 13.0. The molecule has 1 atom stereocenters. The third-order valence-corrected chi connectivity index (χ3v) is 4.47. The van der Waals surface area contributed by atoms with E-state index in [-0.39, 0.29) is 12.0 Å². The first kappa shape index (κ1) is 19.3. The number of hydrogen-bond donors (Lipinski definition) is 1. The predicted molar refractivity (Wildman–Crippen MR) is 101 cm³/mol. The second-order valence-corrected chi connectivity index (χ2v) is 6.10. The van der Waals surface area contributed by atoms with Crippen molar-refractivity contribution < 1.29 is 33.6 Å². The van der Waals surface area contributed by atoms with E-state index in [4.69, 9.17) is 18.9 Å². The van der Waals surface area contributed by atoms with E-state index in [0.29, 0.717) is 22.8 Å². The van der Waals surface area contributed by atoms with Crippen molar-refractivity contribution in [2.45, 2.75) is 12.5 Å². The van der Waals surface area contributed by atoms with Gasteiger partial charge in [-0.25, -0.2) is 4.79 Å². The summed E-state index contributed by atoms with van der Waals surface area (Å²) in [4.78, 5) is 25.1. The second kappa shape index (κ2) is 8.04. The Hall–Kier alpha value is -3.48. The Kier molecular flexibility index (Phi) is 5.54. The molecule has 0 aliphatic carbocycles. The van der Waals surface area contributed by atoms with E-state index in [1.54, 1.807) is 43.5 Å². The number of esters is 1. The number of Topliss-reactive ketones (excluding diaryl/α,β-unsaturated/α-hetero) is 1. The molecule has 2 aromatic rings. The van der Waals surface area contributed by atoms with Crippen LogP contribution in [0.2, 0.25) is 0 Å². The first-order valence-electron chi connectivity index (χ1n) is 8.52. The quantitative estimate of drug-likeness (QED) is 0.766. The van der Waals surface area contributed by atoms with Gasteiger partial charge in [-0.05, 0) is 35.4 Å². The highest BCUT2D eigenvalue weighted by Crippen LogP contribution is 2.34. The molecule has 0 bridgehead atoms. The Balaban J connectivity index is 1.93. The summed E-state index contributed by atoms with van der Waals surface area (Å²) in [5.74, 6) is -0.629. The normalized spacial score (nSPS) is 16.6. The van der Waals surface area contributed by atoms with Crippen LogP contribution in [0.25, 0.3) is 5.57 Å². The number of benzene rings is 2. The lowest BCUT2D eigenvalue weighted by molar-refractivity contribution is -0.153. The first-order valence-corrected chi connectivity index (χ1v) is 8.52. The largest absolute Gasteiger partial charge is 0.501 e. The molecular formula is C21H20O7. The zero-order chi connectivity index (χ0) is 20.3. The molecule has 0 radical (unpaired) electrons. The van der Waals surface area contributed by atoms with E-state index in [9.17, 15) is 14.7 Å². The van der Waals surface area contributed by atoms with Crippen LogP contribution in [-0.2, 0) is 20.7 Å². The average Bonchev–Trinajstić information content (AvgIpc) is 2.72. The molecule has 0 amide bonds. The maximum Gasteiger partial charge on any atom is 0.374 e. The molecule has 7 nitrogen and oxygen atoms in total. The number of ketones is 1. The van der Waals surface area contributed by atoms with Crippen LogP contribution in [0, 0.1) is 0 Å². The minimum atomic E-state index is -1.04. The van der Waals surface area contributed by atoms with Gasteiger partial charge in [0.05, 0.1) is 26.9 Å². The maximum atomic E-state index is 13.0. The minimum absolute atomic E-state index is 0.101. The highest BCUT2D eigenvalue weighted by Gasteiger charge is 2.37. The van der Waals surface area contributed by atoms with E-state index in [1.807, 2.05) is 0 Å². The van der Waals surface area contributed by atoms with Gasteiger partial charge in [0, 0.05) is 6.42 Å². The van der Waals surface area contributed by atoms with Crippen molar-refractivity contribution in [3.63, 3.8) is 0 Å². The van der Waals surface area contributed by atoms with Crippen LogP contribution in [0.4, 0.5) is 0 Å². The number of cyclic esters (lactones) is 1. The molecule has 28 heavy (non-hydrogen) atoms. The molecule has 1 unspecified atom stereocenters. The fourth-order valence-electron chi connectivity index (χ4n) is 3.00. The van der Waals surface area contributed by atoms with Crippen molar-refractivity contribution in [3.8, 4) is 17.2 Å². The molecule has 3 rings (SSSR count). The van der Waals surface area contributed by atoms with Crippen LogP contribution in [0.15, 0.2) is 48.2 Å². The Labute approximate surface area is 162 Å². The summed E-state index contributed by atoms with van der Waals surface area (Å²) in [6.07, 6.45) is -0.863. The van der Waals surface area contributed by atoms with E-state index >= 15 is 0 Å². The minimum Gasteiger partial charge on any atom is -0.501 e. The van der Waals surface area contributed by atoms with Crippen molar-refractivity contribution in [2.24, 2.45) is 0 Å². The molecule has 0 fully saturated rings. The molecule has 0 aromatic heterocycles. The van der Waals surface area contributed by atoms with Gasteiger partial charge >= 0.3 is 5.97 Å².